The Balaban J connectivity index is 3.76. The molecule has 0 bridgehead atoms. The molecule has 2 nitrogen and oxygen atoms in total. The molecular weight excluding hydrogens is 164 g/mol. The lowest BCUT2D eigenvalue weighted by molar-refractivity contribution is -0.121. The van der Waals surface area contributed by atoms with Crippen molar-refractivity contribution in [2.45, 2.75) is 52.6 Å². The van der Waals surface area contributed by atoms with Gasteiger partial charge in [-0.15, -0.1) is 0 Å². The first kappa shape index (κ1) is 12.6. The summed E-state index contributed by atoms with van der Waals surface area (Å²) >= 11 is 0. The van der Waals surface area contributed by atoms with Crippen molar-refractivity contribution in [1.29, 1.82) is 0 Å². The Kier molecular flexibility index (Phi) is 6.87. The van der Waals surface area contributed by atoms with Crippen molar-refractivity contribution in [3.63, 3.8) is 0 Å². The van der Waals surface area contributed by atoms with Gasteiger partial charge in [0, 0.05) is 20.0 Å². The molecule has 13 heavy (non-hydrogen) atoms. The van der Waals surface area contributed by atoms with Gasteiger partial charge in [-0.25, -0.2) is 0 Å². The second-order valence-corrected chi connectivity index (χ2v) is 3.98. The number of rotatable bonds is 7. The van der Waals surface area contributed by atoms with Crippen molar-refractivity contribution < 1.29 is 9.53 Å². The quantitative estimate of drug-likeness (QED) is 0.611. The van der Waals surface area contributed by atoms with E-state index in [0.29, 0.717) is 24.5 Å². The van der Waals surface area contributed by atoms with Gasteiger partial charge in [0.1, 0.15) is 5.78 Å². The monoisotopic (exact) mass is 186 g/mol. The predicted molar refractivity (Wildman–Crippen MR) is 54.8 cm³/mol. The molecule has 78 valence electrons. The van der Waals surface area contributed by atoms with Crippen LogP contribution in [0.2, 0.25) is 0 Å². The maximum Gasteiger partial charge on any atom is 0.135 e. The van der Waals surface area contributed by atoms with Crippen LogP contribution in [0.3, 0.4) is 0 Å². The summed E-state index contributed by atoms with van der Waals surface area (Å²) in [5, 5.41) is 0. The van der Waals surface area contributed by atoms with Gasteiger partial charge in [0.2, 0.25) is 0 Å². The lowest BCUT2D eigenvalue weighted by Gasteiger charge is -2.16. The van der Waals surface area contributed by atoms with Gasteiger partial charge in [0.25, 0.3) is 0 Å². The summed E-state index contributed by atoms with van der Waals surface area (Å²) in [6.45, 7) is 6.33. The van der Waals surface area contributed by atoms with Crippen LogP contribution >= 0.6 is 0 Å². The highest BCUT2D eigenvalue weighted by molar-refractivity contribution is 5.78. The van der Waals surface area contributed by atoms with E-state index in [1.54, 1.807) is 7.11 Å². The number of ether oxygens (including phenoxy) is 1. The van der Waals surface area contributed by atoms with Crippen molar-refractivity contribution in [3.05, 3.63) is 0 Å². The van der Waals surface area contributed by atoms with Crippen molar-refractivity contribution in [2.24, 2.45) is 5.92 Å². The fourth-order valence-corrected chi connectivity index (χ4v) is 1.42. The largest absolute Gasteiger partial charge is 0.381 e. The van der Waals surface area contributed by atoms with Crippen LogP contribution in [0.5, 0.6) is 0 Å². The number of Topliss-reactive ketones (excluding diaryl/α,β-unsaturated/α-hetero) is 1. The molecule has 0 radical (unpaired) electrons. The first-order valence-corrected chi connectivity index (χ1v) is 5.14. The average Bonchev–Trinajstić information content (AvgIpc) is 2.02. The van der Waals surface area contributed by atoms with Crippen LogP contribution < -0.4 is 0 Å². The molecule has 0 N–H and O–H groups in total. The molecular formula is C11H22O2. The van der Waals surface area contributed by atoms with Crippen molar-refractivity contribution in [3.8, 4) is 0 Å². The minimum Gasteiger partial charge on any atom is -0.381 e. The molecule has 0 aliphatic heterocycles. The number of methoxy groups -OCH3 is 1. The summed E-state index contributed by atoms with van der Waals surface area (Å²) in [6, 6.07) is 0. The molecule has 0 spiro atoms. The zero-order chi connectivity index (χ0) is 10.3. The average molecular weight is 186 g/mol. The molecule has 1 unspecified atom stereocenters. The first-order valence-electron chi connectivity index (χ1n) is 5.14. The van der Waals surface area contributed by atoms with Crippen molar-refractivity contribution in [2.75, 3.05) is 7.11 Å². The van der Waals surface area contributed by atoms with Crippen LogP contribution in [0.1, 0.15) is 46.5 Å². The van der Waals surface area contributed by atoms with E-state index in [-0.39, 0.29) is 6.10 Å². The fraction of sp³-hybridized carbons (Fsp3) is 0.909. The number of hydrogen-bond donors (Lipinski definition) is 0. The summed E-state index contributed by atoms with van der Waals surface area (Å²) < 4.78 is 5.26. The highest BCUT2D eigenvalue weighted by Crippen LogP contribution is 2.12. The molecule has 0 fully saturated rings. The van der Waals surface area contributed by atoms with Gasteiger partial charge in [0.05, 0.1) is 6.10 Å². The number of ketones is 1. The Morgan fingerprint density at radius 3 is 2.38 bits per heavy atom. The van der Waals surface area contributed by atoms with Gasteiger partial charge in [0.15, 0.2) is 0 Å². The lowest BCUT2D eigenvalue weighted by atomic mass is 10.0. The molecule has 2 heteroatoms. The van der Waals surface area contributed by atoms with Gasteiger partial charge in [-0.3, -0.25) is 4.79 Å². The lowest BCUT2D eigenvalue weighted by Crippen LogP contribution is -2.18. The number of carbonyl (C=O) groups is 1. The summed E-state index contributed by atoms with van der Waals surface area (Å²) in [6.07, 6.45) is 3.32. The molecule has 0 aromatic heterocycles. The Hall–Kier alpha value is -0.370. The van der Waals surface area contributed by atoms with Crippen molar-refractivity contribution >= 4 is 5.78 Å². The van der Waals surface area contributed by atoms with E-state index in [0.717, 1.165) is 12.8 Å². The normalized spacial score (nSPS) is 13.3. The molecule has 1 atom stereocenters. The van der Waals surface area contributed by atoms with Gasteiger partial charge < -0.3 is 4.74 Å². The predicted octanol–water partition coefficient (Wildman–Crippen LogP) is 2.81. The Bertz CT molecular complexity index is 141. The summed E-state index contributed by atoms with van der Waals surface area (Å²) in [5.41, 5.74) is 0. The summed E-state index contributed by atoms with van der Waals surface area (Å²) in [5.74, 6) is 0.925. The van der Waals surface area contributed by atoms with E-state index in [4.69, 9.17) is 4.74 Å². The highest BCUT2D eigenvalue weighted by Gasteiger charge is 2.13. The molecule has 0 aliphatic carbocycles. The van der Waals surface area contributed by atoms with Crippen LogP contribution in [-0.2, 0) is 9.53 Å². The van der Waals surface area contributed by atoms with Gasteiger partial charge in [-0.2, -0.15) is 0 Å². The maximum absolute atomic E-state index is 11.3. The first-order chi connectivity index (χ1) is 6.10. The van der Waals surface area contributed by atoms with E-state index in [2.05, 4.69) is 13.8 Å². The molecule has 0 rings (SSSR count). The summed E-state index contributed by atoms with van der Waals surface area (Å²) in [4.78, 5) is 11.3. The molecule has 0 aromatic carbocycles. The van der Waals surface area contributed by atoms with E-state index >= 15 is 0 Å². The van der Waals surface area contributed by atoms with Crippen LogP contribution in [0.15, 0.2) is 0 Å². The number of carbonyl (C=O) groups excluding carboxylic acids is 1. The zero-order valence-corrected chi connectivity index (χ0v) is 9.30. The van der Waals surface area contributed by atoms with E-state index in [1.165, 1.54) is 0 Å². The Morgan fingerprint density at radius 2 is 2.00 bits per heavy atom. The Labute approximate surface area is 81.7 Å². The van der Waals surface area contributed by atoms with Gasteiger partial charge >= 0.3 is 0 Å². The minimum atomic E-state index is 0.124. The van der Waals surface area contributed by atoms with E-state index in [1.807, 2.05) is 6.92 Å². The Morgan fingerprint density at radius 1 is 1.38 bits per heavy atom. The smallest absolute Gasteiger partial charge is 0.135 e. The third-order valence-electron chi connectivity index (χ3n) is 2.05. The molecule has 0 saturated carbocycles. The molecule has 0 amide bonds. The third kappa shape index (κ3) is 6.76. The fourth-order valence-electron chi connectivity index (χ4n) is 1.42. The van der Waals surface area contributed by atoms with E-state index < -0.39 is 0 Å². The molecule has 0 aliphatic rings. The van der Waals surface area contributed by atoms with Crippen molar-refractivity contribution in [1.82, 2.24) is 0 Å². The molecule has 0 saturated heterocycles. The van der Waals surface area contributed by atoms with Gasteiger partial charge in [-0.1, -0.05) is 20.8 Å². The SMILES string of the molecule is CCCC(=O)CC(CC(C)C)OC. The number of hydrogen-bond acceptors (Lipinski definition) is 2. The maximum atomic E-state index is 11.3. The van der Waals surface area contributed by atoms with Gasteiger partial charge in [-0.05, 0) is 18.8 Å². The van der Waals surface area contributed by atoms with Crippen LogP contribution in [0.25, 0.3) is 0 Å². The third-order valence-corrected chi connectivity index (χ3v) is 2.05. The second-order valence-electron chi connectivity index (χ2n) is 3.98. The second kappa shape index (κ2) is 7.07. The van der Waals surface area contributed by atoms with Crippen LogP contribution in [-0.4, -0.2) is 19.0 Å². The standard InChI is InChI=1S/C11H22O2/c1-5-6-10(12)8-11(13-4)7-9(2)3/h9,11H,5-8H2,1-4H3. The topological polar surface area (TPSA) is 26.3 Å². The summed E-state index contributed by atoms with van der Waals surface area (Å²) in [7, 11) is 1.69. The van der Waals surface area contributed by atoms with Crippen LogP contribution in [0, 0.1) is 5.92 Å². The zero-order valence-electron chi connectivity index (χ0n) is 9.30. The molecule has 0 aromatic rings. The molecule has 0 heterocycles. The van der Waals surface area contributed by atoms with E-state index in [9.17, 15) is 4.79 Å². The minimum absolute atomic E-state index is 0.124. The van der Waals surface area contributed by atoms with Crippen LogP contribution in [0.4, 0.5) is 0 Å². The highest BCUT2D eigenvalue weighted by atomic mass is 16.5.